The van der Waals surface area contributed by atoms with Crippen LogP contribution >= 0.6 is 0 Å². The molecule has 0 aromatic heterocycles. The highest BCUT2D eigenvalue weighted by molar-refractivity contribution is 5.26. The van der Waals surface area contributed by atoms with Gasteiger partial charge in [0.05, 0.1) is 0 Å². The van der Waals surface area contributed by atoms with Crippen molar-refractivity contribution in [3.63, 3.8) is 0 Å². The Morgan fingerprint density at radius 2 is 2.06 bits per heavy atom. The molecule has 0 saturated carbocycles. The van der Waals surface area contributed by atoms with Crippen molar-refractivity contribution >= 4 is 0 Å². The predicted octanol–water partition coefficient (Wildman–Crippen LogP) is 3.16. The Kier molecular flexibility index (Phi) is 2.28. The molecule has 1 nitrogen and oxygen atoms in total. The van der Waals surface area contributed by atoms with Crippen LogP contribution in [0.2, 0.25) is 0 Å². The maximum absolute atomic E-state index is 13.3. The van der Waals surface area contributed by atoms with Gasteiger partial charge in [-0.2, -0.15) is 0 Å². The van der Waals surface area contributed by atoms with Crippen LogP contribution < -0.4 is 0 Å². The van der Waals surface area contributed by atoms with Gasteiger partial charge in [-0.3, -0.25) is 4.90 Å². The largest absolute Gasteiger partial charge is 0.294 e. The lowest BCUT2D eigenvalue weighted by molar-refractivity contribution is -0.0216. The number of halogens is 1. The second kappa shape index (κ2) is 3.56. The highest BCUT2D eigenvalue weighted by atomic mass is 19.1. The standard InChI is InChI=1S/C14H18FN/c1-14(12-3-2-4-13(15)9-12)10-11-5-7-16(14)8-6-11/h2-4,9,11H,5-8,10H2,1H3. The predicted molar refractivity (Wildman–Crippen MR) is 62.7 cm³/mol. The van der Waals surface area contributed by atoms with E-state index in [1.807, 2.05) is 6.07 Å². The van der Waals surface area contributed by atoms with Gasteiger partial charge in [0.2, 0.25) is 0 Å². The van der Waals surface area contributed by atoms with Crippen LogP contribution in [-0.4, -0.2) is 18.0 Å². The fourth-order valence-electron chi connectivity index (χ4n) is 3.45. The minimum atomic E-state index is -0.110. The van der Waals surface area contributed by atoms with Crippen LogP contribution in [-0.2, 0) is 5.54 Å². The molecule has 2 bridgehead atoms. The van der Waals surface area contributed by atoms with Crippen LogP contribution in [0.4, 0.5) is 4.39 Å². The monoisotopic (exact) mass is 219 g/mol. The van der Waals surface area contributed by atoms with Crippen molar-refractivity contribution in [1.29, 1.82) is 0 Å². The Morgan fingerprint density at radius 1 is 1.31 bits per heavy atom. The van der Waals surface area contributed by atoms with Crippen molar-refractivity contribution in [2.24, 2.45) is 5.92 Å². The summed E-state index contributed by atoms with van der Waals surface area (Å²) in [6.45, 7) is 4.63. The lowest BCUT2D eigenvalue weighted by Gasteiger charge is -2.53. The van der Waals surface area contributed by atoms with Gasteiger partial charge in [0.15, 0.2) is 0 Å². The highest BCUT2D eigenvalue weighted by Gasteiger charge is 2.43. The van der Waals surface area contributed by atoms with Gasteiger partial charge in [-0.05, 0) is 62.9 Å². The summed E-state index contributed by atoms with van der Waals surface area (Å²) in [4.78, 5) is 2.53. The lowest BCUT2D eigenvalue weighted by atomic mass is 9.72. The van der Waals surface area contributed by atoms with Gasteiger partial charge < -0.3 is 0 Å². The highest BCUT2D eigenvalue weighted by Crippen LogP contribution is 2.45. The first-order valence-corrected chi connectivity index (χ1v) is 6.19. The van der Waals surface area contributed by atoms with E-state index in [9.17, 15) is 4.39 Å². The van der Waals surface area contributed by atoms with Crippen LogP contribution in [0.1, 0.15) is 31.7 Å². The van der Waals surface area contributed by atoms with E-state index in [1.54, 1.807) is 6.07 Å². The molecule has 3 saturated heterocycles. The molecule has 16 heavy (non-hydrogen) atoms. The minimum absolute atomic E-state index is 0.0727. The molecule has 0 N–H and O–H groups in total. The van der Waals surface area contributed by atoms with Gasteiger partial charge in [0.25, 0.3) is 0 Å². The zero-order valence-corrected chi connectivity index (χ0v) is 9.75. The molecule has 4 rings (SSSR count). The lowest BCUT2D eigenvalue weighted by Crippen LogP contribution is -2.54. The number of fused-ring (bicyclic) bond motifs is 3. The molecule has 0 radical (unpaired) electrons. The Morgan fingerprint density at radius 3 is 2.62 bits per heavy atom. The van der Waals surface area contributed by atoms with E-state index in [1.165, 1.54) is 38.4 Å². The summed E-state index contributed by atoms with van der Waals surface area (Å²) in [5, 5.41) is 0. The fourth-order valence-corrected chi connectivity index (χ4v) is 3.45. The molecule has 1 aromatic carbocycles. The van der Waals surface area contributed by atoms with E-state index in [0.717, 1.165) is 11.5 Å². The van der Waals surface area contributed by atoms with E-state index < -0.39 is 0 Å². The van der Waals surface area contributed by atoms with E-state index in [-0.39, 0.29) is 11.4 Å². The Balaban J connectivity index is 1.99. The summed E-state index contributed by atoms with van der Waals surface area (Å²) in [7, 11) is 0. The molecule has 0 spiro atoms. The zero-order valence-electron chi connectivity index (χ0n) is 9.75. The van der Waals surface area contributed by atoms with Gasteiger partial charge in [-0.25, -0.2) is 4.39 Å². The molecule has 1 unspecified atom stereocenters. The molecule has 1 atom stereocenters. The SMILES string of the molecule is CC1(c2cccc(F)c2)CC2CCN1CC2. The summed E-state index contributed by atoms with van der Waals surface area (Å²) in [6.07, 6.45) is 3.84. The molecule has 3 aliphatic rings. The van der Waals surface area contributed by atoms with E-state index in [4.69, 9.17) is 0 Å². The van der Waals surface area contributed by atoms with Crippen molar-refractivity contribution < 1.29 is 4.39 Å². The quantitative estimate of drug-likeness (QED) is 0.701. The Hall–Kier alpha value is -0.890. The van der Waals surface area contributed by atoms with Crippen LogP contribution in [0.25, 0.3) is 0 Å². The van der Waals surface area contributed by atoms with Gasteiger partial charge in [0, 0.05) is 5.54 Å². The van der Waals surface area contributed by atoms with E-state index in [2.05, 4.69) is 17.9 Å². The topological polar surface area (TPSA) is 3.24 Å². The molecule has 3 heterocycles. The third-order valence-corrected chi connectivity index (χ3v) is 4.45. The summed E-state index contributed by atoms with van der Waals surface area (Å²) < 4.78 is 13.3. The molecule has 3 fully saturated rings. The molecular formula is C14H18FN. The first kappa shape index (κ1) is 10.3. The first-order valence-electron chi connectivity index (χ1n) is 6.19. The smallest absolute Gasteiger partial charge is 0.123 e. The second-order valence-corrected chi connectivity index (χ2v) is 5.42. The zero-order chi connectivity index (χ0) is 11.2. The fraction of sp³-hybridized carbons (Fsp3) is 0.571. The summed E-state index contributed by atoms with van der Waals surface area (Å²) >= 11 is 0. The molecule has 1 aromatic rings. The van der Waals surface area contributed by atoms with Crippen molar-refractivity contribution in [3.8, 4) is 0 Å². The molecule has 0 aliphatic carbocycles. The molecule has 86 valence electrons. The van der Waals surface area contributed by atoms with Crippen molar-refractivity contribution in [2.45, 2.75) is 31.7 Å². The number of hydrogen-bond donors (Lipinski definition) is 0. The molecule has 2 heteroatoms. The average Bonchev–Trinajstić information content (AvgIpc) is 2.30. The molecule has 0 amide bonds. The van der Waals surface area contributed by atoms with Crippen LogP contribution in [0.15, 0.2) is 24.3 Å². The summed E-state index contributed by atoms with van der Waals surface area (Å²) in [6, 6.07) is 7.15. The maximum Gasteiger partial charge on any atom is 0.123 e. The van der Waals surface area contributed by atoms with Crippen molar-refractivity contribution in [1.82, 2.24) is 4.90 Å². The molecule has 3 aliphatic heterocycles. The third kappa shape index (κ3) is 1.47. The molecular weight excluding hydrogens is 201 g/mol. The first-order chi connectivity index (χ1) is 7.68. The number of piperidine rings is 3. The minimum Gasteiger partial charge on any atom is -0.294 e. The van der Waals surface area contributed by atoms with Gasteiger partial charge in [0.1, 0.15) is 5.82 Å². The second-order valence-electron chi connectivity index (χ2n) is 5.42. The maximum atomic E-state index is 13.3. The van der Waals surface area contributed by atoms with Crippen LogP contribution in [0.3, 0.4) is 0 Å². The normalized spacial score (nSPS) is 37.6. The summed E-state index contributed by atoms with van der Waals surface area (Å²) in [5.74, 6) is 0.736. The number of rotatable bonds is 1. The van der Waals surface area contributed by atoms with E-state index >= 15 is 0 Å². The van der Waals surface area contributed by atoms with Crippen LogP contribution in [0.5, 0.6) is 0 Å². The average molecular weight is 219 g/mol. The van der Waals surface area contributed by atoms with Crippen LogP contribution in [0, 0.1) is 11.7 Å². The Labute approximate surface area is 96.3 Å². The Bertz CT molecular complexity index is 395. The van der Waals surface area contributed by atoms with Crippen molar-refractivity contribution in [3.05, 3.63) is 35.6 Å². The van der Waals surface area contributed by atoms with Gasteiger partial charge in [-0.15, -0.1) is 0 Å². The van der Waals surface area contributed by atoms with Gasteiger partial charge >= 0.3 is 0 Å². The summed E-state index contributed by atoms with van der Waals surface area (Å²) in [5.41, 5.74) is 1.22. The number of nitrogens with zero attached hydrogens (tertiary/aromatic N) is 1. The van der Waals surface area contributed by atoms with E-state index in [0.29, 0.717) is 0 Å². The third-order valence-electron chi connectivity index (χ3n) is 4.45. The van der Waals surface area contributed by atoms with Gasteiger partial charge in [-0.1, -0.05) is 12.1 Å². The van der Waals surface area contributed by atoms with Crippen molar-refractivity contribution in [2.75, 3.05) is 13.1 Å². The number of hydrogen-bond acceptors (Lipinski definition) is 1. The number of benzene rings is 1.